The molecule has 1 aromatic rings. The van der Waals surface area contributed by atoms with Crippen molar-refractivity contribution in [3.63, 3.8) is 0 Å². The molecule has 6 nitrogen and oxygen atoms in total. The molecule has 1 aliphatic rings. The Morgan fingerprint density at radius 2 is 1.90 bits per heavy atom. The van der Waals surface area contributed by atoms with Gasteiger partial charge >= 0.3 is 5.97 Å². The number of carboxylic acids is 1. The van der Waals surface area contributed by atoms with Gasteiger partial charge in [-0.2, -0.15) is 0 Å². The van der Waals surface area contributed by atoms with Gasteiger partial charge in [0, 0.05) is 5.92 Å². The van der Waals surface area contributed by atoms with E-state index in [0.717, 1.165) is 19.3 Å². The molecule has 0 aromatic carbocycles. The van der Waals surface area contributed by atoms with Crippen molar-refractivity contribution >= 4 is 11.9 Å². The lowest BCUT2D eigenvalue weighted by molar-refractivity contribution is -0.145. The number of aromatic nitrogens is 1. The largest absolute Gasteiger partial charge is 0.480 e. The van der Waals surface area contributed by atoms with Crippen LogP contribution in [0.15, 0.2) is 4.52 Å². The van der Waals surface area contributed by atoms with Crippen molar-refractivity contribution in [1.82, 2.24) is 10.5 Å². The zero-order valence-electron chi connectivity index (χ0n) is 12.7. The maximum absolute atomic E-state index is 12.6. The number of hydrogen-bond donors (Lipinski definition) is 2. The van der Waals surface area contributed by atoms with Crippen LogP contribution in [-0.4, -0.2) is 27.7 Å². The Balaban J connectivity index is 2.28. The first-order valence-electron chi connectivity index (χ1n) is 7.39. The lowest BCUT2D eigenvalue weighted by Crippen LogP contribution is -2.55. The third kappa shape index (κ3) is 2.94. The number of nitrogens with zero attached hydrogens (tertiary/aromatic N) is 1. The average molecular weight is 294 g/mol. The summed E-state index contributed by atoms with van der Waals surface area (Å²) in [4.78, 5) is 24.2. The maximum atomic E-state index is 12.6. The standard InChI is InChI=1S/C15H22N2O4/c1-9(2)12-11(10(3)17-21-12)13(18)16-15(14(19)20)7-5-4-6-8-15/h9H,4-8H2,1-3H3,(H,16,18)(H,19,20). The van der Waals surface area contributed by atoms with E-state index < -0.39 is 17.4 Å². The van der Waals surface area contributed by atoms with Gasteiger partial charge in [0.05, 0.1) is 5.69 Å². The Kier molecular flexibility index (Phi) is 4.34. The van der Waals surface area contributed by atoms with Crippen LogP contribution in [0.4, 0.5) is 0 Å². The molecule has 1 amide bonds. The first kappa shape index (κ1) is 15.5. The SMILES string of the molecule is Cc1noc(C(C)C)c1C(=O)NC1(C(=O)O)CCCCC1. The van der Waals surface area contributed by atoms with E-state index in [1.807, 2.05) is 13.8 Å². The van der Waals surface area contributed by atoms with E-state index in [2.05, 4.69) is 10.5 Å². The van der Waals surface area contributed by atoms with Crippen LogP contribution in [0.3, 0.4) is 0 Å². The Bertz CT molecular complexity index is 542. The number of aryl methyl sites for hydroxylation is 1. The number of rotatable bonds is 4. The molecule has 0 aliphatic heterocycles. The summed E-state index contributed by atoms with van der Waals surface area (Å²) < 4.78 is 5.20. The topological polar surface area (TPSA) is 92.4 Å². The fourth-order valence-electron chi connectivity index (χ4n) is 2.88. The Hall–Kier alpha value is -1.85. The van der Waals surface area contributed by atoms with Crippen molar-refractivity contribution in [2.24, 2.45) is 0 Å². The Morgan fingerprint density at radius 3 is 2.43 bits per heavy atom. The first-order chi connectivity index (χ1) is 9.87. The molecular formula is C15H22N2O4. The van der Waals surface area contributed by atoms with Crippen LogP contribution < -0.4 is 5.32 Å². The monoisotopic (exact) mass is 294 g/mol. The summed E-state index contributed by atoms with van der Waals surface area (Å²) in [6.07, 6.45) is 3.57. The van der Waals surface area contributed by atoms with Crippen molar-refractivity contribution in [3.8, 4) is 0 Å². The van der Waals surface area contributed by atoms with Gasteiger partial charge in [0.1, 0.15) is 11.1 Å². The zero-order chi connectivity index (χ0) is 15.6. The van der Waals surface area contributed by atoms with E-state index >= 15 is 0 Å². The third-order valence-electron chi connectivity index (χ3n) is 4.11. The second kappa shape index (κ2) is 5.87. The highest BCUT2D eigenvalue weighted by Gasteiger charge is 2.42. The molecule has 6 heteroatoms. The van der Waals surface area contributed by atoms with Crippen LogP contribution in [0.2, 0.25) is 0 Å². The maximum Gasteiger partial charge on any atom is 0.329 e. The molecule has 0 radical (unpaired) electrons. The van der Waals surface area contributed by atoms with E-state index in [9.17, 15) is 14.7 Å². The zero-order valence-corrected chi connectivity index (χ0v) is 12.7. The molecule has 1 heterocycles. The third-order valence-corrected chi connectivity index (χ3v) is 4.11. The highest BCUT2D eigenvalue weighted by molar-refractivity contribution is 5.99. The van der Waals surface area contributed by atoms with Gasteiger partial charge in [0.2, 0.25) is 0 Å². The highest BCUT2D eigenvalue weighted by Crippen LogP contribution is 2.30. The number of carbonyl (C=O) groups is 2. The molecule has 0 saturated heterocycles. The summed E-state index contributed by atoms with van der Waals surface area (Å²) in [5.41, 5.74) is -0.295. The van der Waals surface area contributed by atoms with Crippen molar-refractivity contribution in [3.05, 3.63) is 17.0 Å². The second-order valence-electron chi connectivity index (χ2n) is 6.06. The molecule has 1 fully saturated rings. The summed E-state index contributed by atoms with van der Waals surface area (Å²) in [5.74, 6) is -0.849. The van der Waals surface area contributed by atoms with Crippen molar-refractivity contribution in [2.75, 3.05) is 0 Å². The predicted molar refractivity (Wildman–Crippen MR) is 76.2 cm³/mol. The van der Waals surface area contributed by atoms with Crippen LogP contribution in [0.1, 0.15) is 73.7 Å². The molecule has 0 atom stereocenters. The fraction of sp³-hybridized carbons (Fsp3) is 0.667. The van der Waals surface area contributed by atoms with Crippen molar-refractivity contribution < 1.29 is 19.2 Å². The summed E-state index contributed by atoms with van der Waals surface area (Å²) >= 11 is 0. The Labute approximate surface area is 123 Å². The van der Waals surface area contributed by atoms with E-state index in [-0.39, 0.29) is 5.92 Å². The minimum atomic E-state index is -1.16. The normalized spacial score (nSPS) is 17.7. The lowest BCUT2D eigenvalue weighted by Gasteiger charge is -2.34. The van der Waals surface area contributed by atoms with Gasteiger partial charge in [0.15, 0.2) is 5.76 Å². The number of hydrogen-bond acceptors (Lipinski definition) is 4. The van der Waals surface area contributed by atoms with E-state index in [1.165, 1.54) is 0 Å². The number of aliphatic carboxylic acids is 1. The molecule has 0 spiro atoms. The average Bonchev–Trinajstić information content (AvgIpc) is 2.81. The molecule has 1 saturated carbocycles. The van der Waals surface area contributed by atoms with Gasteiger partial charge in [-0.25, -0.2) is 4.79 Å². The van der Waals surface area contributed by atoms with Crippen molar-refractivity contribution in [2.45, 2.75) is 64.3 Å². The van der Waals surface area contributed by atoms with Gasteiger partial charge < -0.3 is 14.9 Å². The quantitative estimate of drug-likeness (QED) is 0.890. The predicted octanol–water partition coefficient (Wildman–Crippen LogP) is 2.62. The van der Waals surface area contributed by atoms with Crippen LogP contribution in [-0.2, 0) is 4.79 Å². The van der Waals surface area contributed by atoms with Crippen LogP contribution in [0.25, 0.3) is 0 Å². The Morgan fingerprint density at radius 1 is 1.29 bits per heavy atom. The smallest absolute Gasteiger partial charge is 0.329 e. The number of nitrogens with one attached hydrogen (secondary N) is 1. The molecular weight excluding hydrogens is 272 g/mol. The molecule has 0 unspecified atom stereocenters. The molecule has 21 heavy (non-hydrogen) atoms. The number of carboxylic acid groups (broad SMARTS) is 1. The van der Waals surface area contributed by atoms with Gasteiger partial charge in [-0.05, 0) is 19.8 Å². The molecule has 116 valence electrons. The highest BCUT2D eigenvalue weighted by atomic mass is 16.5. The molecule has 1 aliphatic carbocycles. The summed E-state index contributed by atoms with van der Waals surface area (Å²) in [5, 5.41) is 16.1. The molecule has 2 N–H and O–H groups in total. The molecule has 2 rings (SSSR count). The minimum Gasteiger partial charge on any atom is -0.480 e. The van der Waals surface area contributed by atoms with Gasteiger partial charge in [-0.3, -0.25) is 4.79 Å². The van der Waals surface area contributed by atoms with Crippen LogP contribution in [0.5, 0.6) is 0 Å². The van der Waals surface area contributed by atoms with E-state index in [1.54, 1.807) is 6.92 Å². The summed E-state index contributed by atoms with van der Waals surface area (Å²) in [6.45, 7) is 5.51. The molecule has 1 aromatic heterocycles. The van der Waals surface area contributed by atoms with Gasteiger partial charge in [0.25, 0.3) is 5.91 Å². The van der Waals surface area contributed by atoms with E-state index in [0.29, 0.717) is 29.9 Å². The van der Waals surface area contributed by atoms with Crippen molar-refractivity contribution in [1.29, 1.82) is 0 Å². The lowest BCUT2D eigenvalue weighted by atomic mass is 9.81. The van der Waals surface area contributed by atoms with Gasteiger partial charge in [-0.15, -0.1) is 0 Å². The summed E-state index contributed by atoms with van der Waals surface area (Å²) in [7, 11) is 0. The van der Waals surface area contributed by atoms with E-state index in [4.69, 9.17) is 4.52 Å². The number of carbonyl (C=O) groups excluding carboxylic acids is 1. The summed E-state index contributed by atoms with van der Waals surface area (Å²) in [6, 6.07) is 0. The fourth-order valence-corrected chi connectivity index (χ4v) is 2.88. The van der Waals surface area contributed by atoms with Gasteiger partial charge in [-0.1, -0.05) is 38.3 Å². The first-order valence-corrected chi connectivity index (χ1v) is 7.39. The van der Waals surface area contributed by atoms with Crippen LogP contribution >= 0.6 is 0 Å². The van der Waals surface area contributed by atoms with Crippen LogP contribution in [0, 0.1) is 6.92 Å². The second-order valence-corrected chi connectivity index (χ2v) is 6.06. The molecule has 0 bridgehead atoms. The number of amides is 1. The minimum absolute atomic E-state index is 0.0130.